The summed E-state index contributed by atoms with van der Waals surface area (Å²) < 4.78 is 0. The predicted molar refractivity (Wildman–Crippen MR) is 69.8 cm³/mol. The van der Waals surface area contributed by atoms with Crippen molar-refractivity contribution in [3.8, 4) is 0 Å². The van der Waals surface area contributed by atoms with Crippen molar-refractivity contribution in [1.82, 2.24) is 4.98 Å². The van der Waals surface area contributed by atoms with Crippen LogP contribution in [0.15, 0.2) is 18.5 Å². The fraction of sp³-hybridized carbons (Fsp3) is 0.538. The van der Waals surface area contributed by atoms with Crippen LogP contribution in [0.2, 0.25) is 0 Å². The molecule has 1 aromatic heterocycles. The molecule has 0 bridgehead atoms. The Hall–Kier alpha value is -1.62. The van der Waals surface area contributed by atoms with Gasteiger partial charge in [0.15, 0.2) is 0 Å². The third-order valence-electron chi connectivity index (χ3n) is 3.15. The molecule has 100 valence electrons. The SMILES string of the molecule is CCC(CC)C(O)CNc1cnccc1C(=O)O. The Bertz CT molecular complexity index is 392. The molecule has 1 heterocycles. The number of anilines is 1. The first kappa shape index (κ1) is 14.4. The van der Waals surface area contributed by atoms with Gasteiger partial charge in [0.25, 0.3) is 0 Å². The van der Waals surface area contributed by atoms with Crippen LogP contribution in [0, 0.1) is 5.92 Å². The summed E-state index contributed by atoms with van der Waals surface area (Å²) in [4.78, 5) is 14.9. The summed E-state index contributed by atoms with van der Waals surface area (Å²) in [5, 5.41) is 21.9. The Kier molecular flexibility index (Phi) is 5.58. The molecule has 1 atom stereocenters. The Morgan fingerprint density at radius 2 is 2.11 bits per heavy atom. The number of carboxylic acid groups (broad SMARTS) is 1. The number of aliphatic hydroxyl groups is 1. The lowest BCUT2D eigenvalue weighted by Crippen LogP contribution is -2.28. The molecule has 0 aliphatic carbocycles. The first-order valence-electron chi connectivity index (χ1n) is 6.19. The van der Waals surface area contributed by atoms with Gasteiger partial charge in [0, 0.05) is 12.7 Å². The normalized spacial score (nSPS) is 12.4. The van der Waals surface area contributed by atoms with Gasteiger partial charge < -0.3 is 15.5 Å². The van der Waals surface area contributed by atoms with Crippen molar-refractivity contribution in [3.63, 3.8) is 0 Å². The fourth-order valence-corrected chi connectivity index (χ4v) is 1.94. The van der Waals surface area contributed by atoms with Gasteiger partial charge in [-0.25, -0.2) is 4.79 Å². The van der Waals surface area contributed by atoms with Gasteiger partial charge in [-0.05, 0) is 12.0 Å². The summed E-state index contributed by atoms with van der Waals surface area (Å²) >= 11 is 0. The van der Waals surface area contributed by atoms with E-state index in [1.807, 2.05) is 13.8 Å². The molecule has 5 heteroatoms. The smallest absolute Gasteiger partial charge is 0.337 e. The quantitative estimate of drug-likeness (QED) is 0.691. The molecule has 1 unspecified atom stereocenters. The molecular formula is C13H20N2O3. The maximum atomic E-state index is 11.0. The van der Waals surface area contributed by atoms with Crippen molar-refractivity contribution in [2.75, 3.05) is 11.9 Å². The molecule has 0 saturated carbocycles. The molecule has 0 aromatic carbocycles. The summed E-state index contributed by atoms with van der Waals surface area (Å²) in [7, 11) is 0. The van der Waals surface area contributed by atoms with Crippen LogP contribution >= 0.6 is 0 Å². The largest absolute Gasteiger partial charge is 0.478 e. The Balaban J connectivity index is 2.66. The van der Waals surface area contributed by atoms with Gasteiger partial charge in [0.1, 0.15) is 0 Å². The van der Waals surface area contributed by atoms with E-state index in [4.69, 9.17) is 5.11 Å². The third-order valence-corrected chi connectivity index (χ3v) is 3.15. The lowest BCUT2D eigenvalue weighted by Gasteiger charge is -2.21. The van der Waals surface area contributed by atoms with Gasteiger partial charge in [-0.1, -0.05) is 26.7 Å². The maximum absolute atomic E-state index is 11.0. The predicted octanol–water partition coefficient (Wildman–Crippen LogP) is 1.99. The Morgan fingerprint density at radius 1 is 1.44 bits per heavy atom. The molecule has 0 aliphatic heterocycles. The van der Waals surface area contributed by atoms with Crippen molar-refractivity contribution < 1.29 is 15.0 Å². The number of aromatic carboxylic acids is 1. The minimum absolute atomic E-state index is 0.168. The minimum atomic E-state index is -1.00. The summed E-state index contributed by atoms with van der Waals surface area (Å²) in [6.07, 6.45) is 4.22. The highest BCUT2D eigenvalue weighted by molar-refractivity contribution is 5.93. The summed E-state index contributed by atoms with van der Waals surface area (Å²) in [6.45, 7) is 4.40. The first-order valence-corrected chi connectivity index (χ1v) is 6.19. The van der Waals surface area contributed by atoms with E-state index >= 15 is 0 Å². The van der Waals surface area contributed by atoms with E-state index in [1.165, 1.54) is 18.5 Å². The van der Waals surface area contributed by atoms with E-state index in [1.54, 1.807) is 0 Å². The van der Waals surface area contributed by atoms with Crippen molar-refractivity contribution >= 4 is 11.7 Å². The van der Waals surface area contributed by atoms with Crippen LogP contribution in [-0.2, 0) is 0 Å². The van der Waals surface area contributed by atoms with Gasteiger partial charge in [0.05, 0.1) is 23.6 Å². The van der Waals surface area contributed by atoms with Gasteiger partial charge in [0.2, 0.25) is 0 Å². The number of carboxylic acids is 1. The number of nitrogens with one attached hydrogen (secondary N) is 1. The highest BCUT2D eigenvalue weighted by Crippen LogP contribution is 2.16. The van der Waals surface area contributed by atoms with Crippen LogP contribution in [0.5, 0.6) is 0 Å². The molecular weight excluding hydrogens is 232 g/mol. The van der Waals surface area contributed by atoms with Crippen LogP contribution in [0.3, 0.4) is 0 Å². The zero-order valence-corrected chi connectivity index (χ0v) is 10.8. The van der Waals surface area contributed by atoms with Crippen LogP contribution in [0.25, 0.3) is 0 Å². The van der Waals surface area contributed by atoms with Crippen LogP contribution in [0.1, 0.15) is 37.0 Å². The van der Waals surface area contributed by atoms with Gasteiger partial charge >= 0.3 is 5.97 Å². The van der Waals surface area contributed by atoms with Crippen LogP contribution in [-0.4, -0.2) is 33.8 Å². The molecule has 0 aliphatic rings. The average Bonchev–Trinajstić information content (AvgIpc) is 2.38. The number of hydrogen-bond donors (Lipinski definition) is 3. The molecule has 5 nitrogen and oxygen atoms in total. The monoisotopic (exact) mass is 252 g/mol. The van der Waals surface area contributed by atoms with E-state index in [0.717, 1.165) is 12.8 Å². The standard InChI is InChI=1S/C13H20N2O3/c1-3-9(4-2)12(16)8-15-11-7-14-6-5-10(11)13(17)18/h5-7,9,12,15-16H,3-4,8H2,1-2H3,(H,17,18). The van der Waals surface area contributed by atoms with Crippen molar-refractivity contribution in [2.24, 2.45) is 5.92 Å². The highest BCUT2D eigenvalue weighted by atomic mass is 16.4. The van der Waals surface area contributed by atoms with E-state index in [2.05, 4.69) is 10.3 Å². The van der Waals surface area contributed by atoms with Gasteiger partial charge in [-0.3, -0.25) is 4.98 Å². The van der Waals surface area contributed by atoms with Crippen LogP contribution < -0.4 is 5.32 Å². The zero-order chi connectivity index (χ0) is 13.5. The number of pyridine rings is 1. The van der Waals surface area contributed by atoms with Crippen LogP contribution in [0.4, 0.5) is 5.69 Å². The lowest BCUT2D eigenvalue weighted by atomic mass is 9.96. The highest BCUT2D eigenvalue weighted by Gasteiger charge is 2.16. The minimum Gasteiger partial charge on any atom is -0.478 e. The van der Waals surface area contributed by atoms with Gasteiger partial charge in [-0.15, -0.1) is 0 Å². The third kappa shape index (κ3) is 3.70. The number of rotatable bonds is 7. The molecule has 0 fully saturated rings. The average molecular weight is 252 g/mol. The van der Waals surface area contributed by atoms with Gasteiger partial charge in [-0.2, -0.15) is 0 Å². The number of carbonyl (C=O) groups is 1. The summed E-state index contributed by atoms with van der Waals surface area (Å²) in [5.41, 5.74) is 0.608. The lowest BCUT2D eigenvalue weighted by molar-refractivity contribution is 0.0697. The van der Waals surface area contributed by atoms with E-state index in [-0.39, 0.29) is 11.5 Å². The second-order valence-corrected chi connectivity index (χ2v) is 4.25. The second-order valence-electron chi connectivity index (χ2n) is 4.25. The molecule has 3 N–H and O–H groups in total. The number of aromatic nitrogens is 1. The Morgan fingerprint density at radius 3 is 2.67 bits per heavy atom. The summed E-state index contributed by atoms with van der Waals surface area (Å²) in [5.74, 6) is -0.778. The van der Waals surface area contributed by atoms with E-state index in [9.17, 15) is 9.90 Å². The van der Waals surface area contributed by atoms with Crippen molar-refractivity contribution in [2.45, 2.75) is 32.8 Å². The van der Waals surface area contributed by atoms with E-state index < -0.39 is 12.1 Å². The zero-order valence-electron chi connectivity index (χ0n) is 10.8. The Labute approximate surface area is 107 Å². The first-order chi connectivity index (χ1) is 8.60. The molecule has 1 aromatic rings. The molecule has 0 radical (unpaired) electrons. The van der Waals surface area contributed by atoms with Crippen molar-refractivity contribution in [3.05, 3.63) is 24.0 Å². The molecule has 18 heavy (non-hydrogen) atoms. The number of hydrogen-bond acceptors (Lipinski definition) is 4. The topological polar surface area (TPSA) is 82.5 Å². The molecule has 0 spiro atoms. The molecule has 1 rings (SSSR count). The van der Waals surface area contributed by atoms with Crippen molar-refractivity contribution in [1.29, 1.82) is 0 Å². The number of nitrogens with zero attached hydrogens (tertiary/aromatic N) is 1. The van der Waals surface area contributed by atoms with E-state index in [0.29, 0.717) is 12.2 Å². The molecule has 0 amide bonds. The second kappa shape index (κ2) is 6.96. The summed E-state index contributed by atoms with van der Waals surface area (Å²) in [6, 6.07) is 1.44. The maximum Gasteiger partial charge on any atom is 0.337 e. The number of aliphatic hydroxyl groups excluding tert-OH is 1. The fourth-order valence-electron chi connectivity index (χ4n) is 1.94. The molecule has 0 saturated heterocycles.